The monoisotopic (exact) mass is 453 g/mol. The van der Waals surface area contributed by atoms with Crippen LogP contribution in [-0.4, -0.2) is 41.9 Å². The normalized spacial score (nSPS) is 20.1. The highest BCUT2D eigenvalue weighted by Crippen LogP contribution is 2.41. The molecule has 3 aromatic rings. The molecule has 5 heteroatoms. The molecule has 34 heavy (non-hydrogen) atoms. The molecule has 0 spiro atoms. The largest absolute Gasteiger partial charge is 0.343 e. The van der Waals surface area contributed by atoms with Gasteiger partial charge in [0.25, 0.3) is 5.91 Å². The molecule has 5 nitrogen and oxygen atoms in total. The number of hydrogen-bond donors (Lipinski definition) is 2. The van der Waals surface area contributed by atoms with E-state index in [0.717, 1.165) is 49.2 Å². The van der Waals surface area contributed by atoms with E-state index in [0.29, 0.717) is 23.6 Å². The third kappa shape index (κ3) is 5.20. The van der Waals surface area contributed by atoms with E-state index in [9.17, 15) is 9.59 Å². The molecular weight excluding hydrogens is 422 g/mol. The van der Waals surface area contributed by atoms with Crippen molar-refractivity contribution in [3.05, 3.63) is 90.0 Å². The zero-order valence-electron chi connectivity index (χ0n) is 19.5. The fourth-order valence-electron chi connectivity index (χ4n) is 4.87. The molecule has 3 aromatic carbocycles. The molecule has 2 N–H and O–H groups in total. The number of likely N-dealkylation sites (tertiary alicyclic amines) is 1. The van der Waals surface area contributed by atoms with Gasteiger partial charge in [0, 0.05) is 49.3 Å². The summed E-state index contributed by atoms with van der Waals surface area (Å²) in [6, 6.07) is 27.1. The van der Waals surface area contributed by atoms with Crippen molar-refractivity contribution in [2.45, 2.75) is 44.2 Å². The van der Waals surface area contributed by atoms with Crippen LogP contribution in [0.15, 0.2) is 78.9 Å². The van der Waals surface area contributed by atoms with Crippen LogP contribution in [0.2, 0.25) is 0 Å². The number of nitrogens with one attached hydrogen (secondary N) is 2. The van der Waals surface area contributed by atoms with Crippen molar-refractivity contribution in [3.63, 3.8) is 0 Å². The topological polar surface area (TPSA) is 61.4 Å². The molecule has 2 amide bonds. The minimum Gasteiger partial charge on any atom is -0.343 e. The van der Waals surface area contributed by atoms with Crippen molar-refractivity contribution in [1.29, 1.82) is 0 Å². The van der Waals surface area contributed by atoms with E-state index >= 15 is 0 Å². The van der Waals surface area contributed by atoms with Gasteiger partial charge in [-0.25, -0.2) is 0 Å². The van der Waals surface area contributed by atoms with E-state index in [4.69, 9.17) is 0 Å². The van der Waals surface area contributed by atoms with Gasteiger partial charge in [-0.1, -0.05) is 54.6 Å². The van der Waals surface area contributed by atoms with Crippen molar-refractivity contribution < 1.29 is 9.59 Å². The number of amides is 2. The van der Waals surface area contributed by atoms with Gasteiger partial charge in [-0.3, -0.25) is 9.59 Å². The maximum Gasteiger partial charge on any atom is 0.255 e. The highest BCUT2D eigenvalue weighted by molar-refractivity contribution is 6.04. The quantitative estimate of drug-likeness (QED) is 0.548. The van der Waals surface area contributed by atoms with Crippen LogP contribution < -0.4 is 10.6 Å². The third-order valence-corrected chi connectivity index (χ3v) is 7.03. The molecule has 2 fully saturated rings. The zero-order valence-corrected chi connectivity index (χ0v) is 19.5. The Hall–Kier alpha value is -3.44. The summed E-state index contributed by atoms with van der Waals surface area (Å²) in [4.78, 5) is 26.1. The van der Waals surface area contributed by atoms with Gasteiger partial charge in [0.05, 0.1) is 0 Å². The van der Waals surface area contributed by atoms with Gasteiger partial charge < -0.3 is 15.5 Å². The number of hydrogen-bond acceptors (Lipinski definition) is 3. The summed E-state index contributed by atoms with van der Waals surface area (Å²) >= 11 is 0. The van der Waals surface area contributed by atoms with Gasteiger partial charge >= 0.3 is 0 Å². The highest BCUT2D eigenvalue weighted by atomic mass is 16.2. The van der Waals surface area contributed by atoms with Gasteiger partial charge in [0.2, 0.25) is 5.91 Å². The first kappa shape index (κ1) is 22.4. The van der Waals surface area contributed by atoms with E-state index in [1.165, 1.54) is 5.56 Å². The molecule has 0 bridgehead atoms. The lowest BCUT2D eigenvalue weighted by molar-refractivity contribution is -0.129. The van der Waals surface area contributed by atoms with Crippen molar-refractivity contribution in [2.75, 3.05) is 18.4 Å². The molecule has 0 aromatic heterocycles. The van der Waals surface area contributed by atoms with E-state index in [1.54, 1.807) is 6.92 Å². The third-order valence-electron chi connectivity index (χ3n) is 7.03. The van der Waals surface area contributed by atoms with Crippen LogP contribution in [0, 0.1) is 0 Å². The molecule has 1 saturated heterocycles. The van der Waals surface area contributed by atoms with Crippen molar-refractivity contribution in [2.24, 2.45) is 0 Å². The van der Waals surface area contributed by atoms with E-state index in [2.05, 4.69) is 34.9 Å². The van der Waals surface area contributed by atoms with Crippen LogP contribution in [0.4, 0.5) is 5.69 Å². The fraction of sp³-hybridized carbons (Fsp3) is 0.310. The second kappa shape index (κ2) is 9.82. The van der Waals surface area contributed by atoms with Crippen LogP contribution in [-0.2, 0) is 4.79 Å². The average molecular weight is 454 g/mol. The molecule has 5 rings (SSSR count). The minimum absolute atomic E-state index is 0.102. The lowest BCUT2D eigenvalue weighted by Crippen LogP contribution is -2.45. The molecule has 1 saturated carbocycles. The van der Waals surface area contributed by atoms with Crippen LogP contribution in [0.5, 0.6) is 0 Å². The van der Waals surface area contributed by atoms with Crippen LogP contribution in [0.25, 0.3) is 11.1 Å². The highest BCUT2D eigenvalue weighted by Gasteiger charge is 2.39. The number of piperidine rings is 1. The number of carbonyl (C=O) groups is 2. The molecule has 1 heterocycles. The SMILES string of the molecule is CC(=O)N1CCC(N[C@@H]2C[C@H]2c2ccc(NC(=O)c3ccc(-c4ccccc4)cc3)cc2)CC1. The number of anilines is 1. The lowest BCUT2D eigenvalue weighted by atomic mass is 10.0. The average Bonchev–Trinajstić information content (AvgIpc) is 3.64. The van der Waals surface area contributed by atoms with Gasteiger partial charge in [0.15, 0.2) is 0 Å². The number of benzene rings is 3. The summed E-state index contributed by atoms with van der Waals surface area (Å²) < 4.78 is 0. The number of carbonyl (C=O) groups excluding carboxylic acids is 2. The standard InChI is InChI=1S/C29H31N3O2/c1-20(33)32-17-15-26(16-18-32)30-28-19-27(28)23-11-13-25(14-12-23)31-29(34)24-9-7-22(8-10-24)21-5-3-2-4-6-21/h2-14,26-28,30H,15-19H2,1H3,(H,31,34)/t27-,28+/m0/s1. The Morgan fingerprint density at radius 3 is 2.12 bits per heavy atom. The molecule has 1 aliphatic carbocycles. The zero-order chi connectivity index (χ0) is 23.5. The summed E-state index contributed by atoms with van der Waals surface area (Å²) in [6.45, 7) is 3.36. The van der Waals surface area contributed by atoms with E-state index in [1.807, 2.05) is 59.5 Å². The second-order valence-electron chi connectivity index (χ2n) is 9.42. The summed E-state index contributed by atoms with van der Waals surface area (Å²) in [7, 11) is 0. The lowest BCUT2D eigenvalue weighted by Gasteiger charge is -2.32. The van der Waals surface area contributed by atoms with Crippen molar-refractivity contribution in [3.8, 4) is 11.1 Å². The molecular formula is C29H31N3O2. The first-order valence-electron chi connectivity index (χ1n) is 12.2. The van der Waals surface area contributed by atoms with Crippen molar-refractivity contribution in [1.82, 2.24) is 10.2 Å². The predicted molar refractivity (Wildman–Crippen MR) is 136 cm³/mol. The first-order chi connectivity index (χ1) is 16.6. The van der Waals surface area contributed by atoms with E-state index < -0.39 is 0 Å². The smallest absolute Gasteiger partial charge is 0.255 e. The molecule has 2 aliphatic rings. The maximum absolute atomic E-state index is 12.7. The number of rotatable bonds is 6. The Bertz CT molecular complexity index is 1130. The van der Waals surface area contributed by atoms with Crippen molar-refractivity contribution >= 4 is 17.5 Å². The summed E-state index contributed by atoms with van der Waals surface area (Å²) in [5.74, 6) is 0.607. The van der Waals surface area contributed by atoms with Crippen LogP contribution in [0.3, 0.4) is 0 Å². The predicted octanol–water partition coefficient (Wildman–Crippen LogP) is 5.06. The Kier molecular flexibility index (Phi) is 6.45. The maximum atomic E-state index is 12.7. The van der Waals surface area contributed by atoms with Gasteiger partial charge in [-0.05, 0) is 60.2 Å². The van der Waals surface area contributed by atoms with Gasteiger partial charge in [-0.15, -0.1) is 0 Å². The Balaban J connectivity index is 1.12. The summed E-state index contributed by atoms with van der Waals surface area (Å²) in [5, 5.41) is 6.79. The van der Waals surface area contributed by atoms with Crippen LogP contribution >= 0.6 is 0 Å². The molecule has 0 unspecified atom stereocenters. The molecule has 2 atom stereocenters. The molecule has 174 valence electrons. The van der Waals surface area contributed by atoms with Crippen LogP contribution in [0.1, 0.15) is 48.0 Å². The van der Waals surface area contributed by atoms with Gasteiger partial charge in [0.1, 0.15) is 0 Å². The Morgan fingerprint density at radius 1 is 0.824 bits per heavy atom. The summed E-state index contributed by atoms with van der Waals surface area (Å²) in [5.41, 5.74) is 5.00. The van der Waals surface area contributed by atoms with E-state index in [-0.39, 0.29) is 11.8 Å². The minimum atomic E-state index is -0.102. The Morgan fingerprint density at radius 2 is 1.47 bits per heavy atom. The number of nitrogens with zero attached hydrogens (tertiary/aromatic N) is 1. The first-order valence-corrected chi connectivity index (χ1v) is 12.2. The van der Waals surface area contributed by atoms with Gasteiger partial charge in [-0.2, -0.15) is 0 Å². The molecule has 1 aliphatic heterocycles. The summed E-state index contributed by atoms with van der Waals surface area (Å²) in [6.07, 6.45) is 3.20. The Labute approximate surface area is 201 Å². The molecule has 0 radical (unpaired) electrons. The fourth-order valence-corrected chi connectivity index (χ4v) is 4.87. The second-order valence-corrected chi connectivity index (χ2v) is 9.42.